The number of nitrogens with one attached hydrogen (secondary N) is 2. The van der Waals surface area contributed by atoms with Crippen molar-refractivity contribution in [1.82, 2.24) is 5.32 Å². The molecule has 0 heterocycles. The summed E-state index contributed by atoms with van der Waals surface area (Å²) in [6.45, 7) is 4.06. The van der Waals surface area contributed by atoms with Crippen LogP contribution in [0.25, 0.3) is 0 Å². The molecule has 2 atom stereocenters. The number of benzene rings is 1. The largest absolute Gasteiger partial charge is 0.353 e. The second-order valence-electron chi connectivity index (χ2n) is 6.02. The Balaban J connectivity index is 1.54. The molecular formula is C16H20N2O2. The SMILES string of the molecule is Cc1ccc(NC(=O)C2CC2C(=O)NC2CC2)cc1C. The van der Waals surface area contributed by atoms with Crippen LogP contribution in [0.3, 0.4) is 0 Å². The summed E-state index contributed by atoms with van der Waals surface area (Å²) in [4.78, 5) is 23.9. The number of aryl methyl sites for hydroxylation is 2. The number of anilines is 1. The molecule has 2 saturated carbocycles. The average Bonchev–Trinajstić information content (AvgIpc) is 3.24. The molecule has 0 radical (unpaired) electrons. The first-order valence-corrected chi connectivity index (χ1v) is 7.23. The molecular weight excluding hydrogens is 252 g/mol. The lowest BCUT2D eigenvalue weighted by Gasteiger charge is -2.07. The van der Waals surface area contributed by atoms with Gasteiger partial charge in [0.25, 0.3) is 0 Å². The zero-order valence-corrected chi connectivity index (χ0v) is 11.9. The van der Waals surface area contributed by atoms with E-state index in [9.17, 15) is 9.59 Å². The molecule has 1 aromatic carbocycles. The van der Waals surface area contributed by atoms with E-state index in [4.69, 9.17) is 0 Å². The summed E-state index contributed by atoms with van der Waals surface area (Å²) < 4.78 is 0. The van der Waals surface area contributed by atoms with Gasteiger partial charge in [0.05, 0.1) is 11.8 Å². The maximum absolute atomic E-state index is 12.1. The van der Waals surface area contributed by atoms with E-state index in [2.05, 4.69) is 10.6 Å². The van der Waals surface area contributed by atoms with E-state index in [1.165, 1.54) is 5.56 Å². The van der Waals surface area contributed by atoms with Gasteiger partial charge in [-0.2, -0.15) is 0 Å². The van der Waals surface area contributed by atoms with Crippen molar-refractivity contribution in [1.29, 1.82) is 0 Å². The summed E-state index contributed by atoms with van der Waals surface area (Å²) >= 11 is 0. The molecule has 1 aromatic rings. The number of rotatable bonds is 4. The fourth-order valence-electron chi connectivity index (χ4n) is 2.36. The summed E-state index contributed by atoms with van der Waals surface area (Å²) in [5.41, 5.74) is 3.17. The highest BCUT2D eigenvalue weighted by atomic mass is 16.2. The van der Waals surface area contributed by atoms with Gasteiger partial charge in [-0.05, 0) is 56.4 Å². The molecule has 0 aliphatic heterocycles. The van der Waals surface area contributed by atoms with E-state index in [0.29, 0.717) is 12.5 Å². The Kier molecular flexibility index (Phi) is 3.24. The molecule has 106 valence electrons. The summed E-state index contributed by atoms with van der Waals surface area (Å²) in [5.74, 6) is -0.269. The highest BCUT2D eigenvalue weighted by Crippen LogP contribution is 2.40. The molecule has 0 bridgehead atoms. The Morgan fingerprint density at radius 3 is 2.40 bits per heavy atom. The summed E-state index contributed by atoms with van der Waals surface area (Å²) in [6.07, 6.45) is 2.84. The van der Waals surface area contributed by atoms with Crippen molar-refractivity contribution in [2.24, 2.45) is 11.8 Å². The van der Waals surface area contributed by atoms with Crippen molar-refractivity contribution < 1.29 is 9.59 Å². The monoisotopic (exact) mass is 272 g/mol. The lowest BCUT2D eigenvalue weighted by Crippen LogP contribution is -2.29. The predicted octanol–water partition coefficient (Wildman–Crippen LogP) is 2.16. The zero-order chi connectivity index (χ0) is 14.3. The van der Waals surface area contributed by atoms with Crippen LogP contribution < -0.4 is 10.6 Å². The third-order valence-corrected chi connectivity index (χ3v) is 4.16. The molecule has 2 aliphatic rings. The van der Waals surface area contributed by atoms with Gasteiger partial charge in [0.1, 0.15) is 0 Å². The second-order valence-corrected chi connectivity index (χ2v) is 6.02. The van der Waals surface area contributed by atoms with E-state index in [0.717, 1.165) is 24.1 Å². The lowest BCUT2D eigenvalue weighted by molar-refractivity contribution is -0.125. The minimum absolute atomic E-state index is 0.0378. The van der Waals surface area contributed by atoms with Crippen LogP contribution >= 0.6 is 0 Å². The van der Waals surface area contributed by atoms with Crippen molar-refractivity contribution in [3.8, 4) is 0 Å². The first-order chi connectivity index (χ1) is 9.54. The highest BCUT2D eigenvalue weighted by Gasteiger charge is 2.48. The van der Waals surface area contributed by atoms with Crippen molar-refractivity contribution >= 4 is 17.5 Å². The maximum atomic E-state index is 12.1. The van der Waals surface area contributed by atoms with Crippen molar-refractivity contribution in [2.45, 2.75) is 39.2 Å². The normalized spacial score (nSPS) is 24.1. The molecule has 2 N–H and O–H groups in total. The Labute approximate surface area is 118 Å². The average molecular weight is 272 g/mol. The van der Waals surface area contributed by atoms with Crippen LogP contribution in [0.4, 0.5) is 5.69 Å². The Morgan fingerprint density at radius 2 is 1.75 bits per heavy atom. The van der Waals surface area contributed by atoms with Crippen LogP contribution in [-0.2, 0) is 9.59 Å². The minimum Gasteiger partial charge on any atom is -0.353 e. The fourth-order valence-corrected chi connectivity index (χ4v) is 2.36. The quantitative estimate of drug-likeness (QED) is 0.882. The predicted molar refractivity (Wildman–Crippen MR) is 77.3 cm³/mol. The van der Waals surface area contributed by atoms with E-state index in [-0.39, 0.29) is 23.7 Å². The Morgan fingerprint density at radius 1 is 1.05 bits per heavy atom. The van der Waals surface area contributed by atoms with Gasteiger partial charge < -0.3 is 10.6 Å². The van der Waals surface area contributed by atoms with Crippen LogP contribution in [0.1, 0.15) is 30.4 Å². The molecule has 2 fully saturated rings. The van der Waals surface area contributed by atoms with E-state index in [1.807, 2.05) is 32.0 Å². The topological polar surface area (TPSA) is 58.2 Å². The summed E-state index contributed by atoms with van der Waals surface area (Å²) in [5, 5.41) is 5.87. The Hall–Kier alpha value is -1.84. The third-order valence-electron chi connectivity index (χ3n) is 4.16. The third kappa shape index (κ3) is 2.84. The van der Waals surface area contributed by atoms with Gasteiger partial charge in [-0.1, -0.05) is 6.07 Å². The van der Waals surface area contributed by atoms with E-state index in [1.54, 1.807) is 0 Å². The van der Waals surface area contributed by atoms with Crippen LogP contribution in [0.15, 0.2) is 18.2 Å². The molecule has 3 rings (SSSR count). The number of carbonyl (C=O) groups is 2. The van der Waals surface area contributed by atoms with Crippen LogP contribution in [-0.4, -0.2) is 17.9 Å². The van der Waals surface area contributed by atoms with Crippen molar-refractivity contribution in [3.05, 3.63) is 29.3 Å². The van der Waals surface area contributed by atoms with Gasteiger partial charge in [0.2, 0.25) is 11.8 Å². The van der Waals surface area contributed by atoms with Gasteiger partial charge in [0.15, 0.2) is 0 Å². The molecule has 0 saturated heterocycles. The standard InChI is InChI=1S/C16H20N2O2/c1-9-3-4-12(7-10(9)2)18-16(20)14-8-13(14)15(19)17-11-5-6-11/h3-4,7,11,13-14H,5-6,8H2,1-2H3,(H,17,19)(H,18,20). The lowest BCUT2D eigenvalue weighted by atomic mass is 10.1. The first-order valence-electron chi connectivity index (χ1n) is 7.23. The van der Waals surface area contributed by atoms with Crippen molar-refractivity contribution in [2.75, 3.05) is 5.32 Å². The molecule has 2 unspecified atom stereocenters. The molecule has 20 heavy (non-hydrogen) atoms. The van der Waals surface area contributed by atoms with E-state index < -0.39 is 0 Å². The summed E-state index contributed by atoms with van der Waals surface area (Å²) in [6, 6.07) is 6.23. The van der Waals surface area contributed by atoms with Gasteiger partial charge in [-0.25, -0.2) is 0 Å². The number of carbonyl (C=O) groups excluding carboxylic acids is 2. The van der Waals surface area contributed by atoms with Crippen LogP contribution in [0, 0.1) is 25.7 Å². The number of hydrogen-bond donors (Lipinski definition) is 2. The number of amides is 2. The number of hydrogen-bond acceptors (Lipinski definition) is 2. The Bertz CT molecular complexity index is 564. The van der Waals surface area contributed by atoms with E-state index >= 15 is 0 Å². The zero-order valence-electron chi connectivity index (χ0n) is 11.9. The molecule has 2 amide bonds. The molecule has 0 aromatic heterocycles. The molecule has 4 nitrogen and oxygen atoms in total. The first kappa shape index (κ1) is 13.2. The smallest absolute Gasteiger partial charge is 0.228 e. The van der Waals surface area contributed by atoms with Gasteiger partial charge in [-0.15, -0.1) is 0 Å². The fraction of sp³-hybridized carbons (Fsp3) is 0.500. The van der Waals surface area contributed by atoms with Gasteiger partial charge in [0, 0.05) is 11.7 Å². The molecule has 0 spiro atoms. The maximum Gasteiger partial charge on any atom is 0.228 e. The van der Waals surface area contributed by atoms with Gasteiger partial charge >= 0.3 is 0 Å². The highest BCUT2D eigenvalue weighted by molar-refractivity contribution is 5.99. The molecule has 2 aliphatic carbocycles. The minimum atomic E-state index is -0.157. The van der Waals surface area contributed by atoms with Gasteiger partial charge in [-0.3, -0.25) is 9.59 Å². The van der Waals surface area contributed by atoms with Crippen LogP contribution in [0.2, 0.25) is 0 Å². The van der Waals surface area contributed by atoms with Crippen LogP contribution in [0.5, 0.6) is 0 Å². The van der Waals surface area contributed by atoms with Crippen molar-refractivity contribution in [3.63, 3.8) is 0 Å². The summed E-state index contributed by atoms with van der Waals surface area (Å²) in [7, 11) is 0. The second kappa shape index (κ2) is 4.93. The molecule has 4 heteroatoms.